The van der Waals surface area contributed by atoms with Crippen LogP contribution in [0.25, 0.3) is 0 Å². The molecular formula is C20H21NO5. The molecule has 6 heteroatoms. The van der Waals surface area contributed by atoms with Crippen molar-refractivity contribution in [2.24, 2.45) is 0 Å². The summed E-state index contributed by atoms with van der Waals surface area (Å²) in [4.78, 5) is 26.8. The number of nitrogens with zero attached hydrogens (tertiary/aromatic N) is 1. The highest BCUT2D eigenvalue weighted by atomic mass is 16.5. The summed E-state index contributed by atoms with van der Waals surface area (Å²) in [7, 11) is 3.00. The number of para-hydroxylation sites is 1. The molecule has 0 spiro atoms. The maximum atomic E-state index is 12.7. The maximum absolute atomic E-state index is 12.7. The Balaban J connectivity index is 1.73. The number of hydrogen-bond donors (Lipinski definition) is 0. The summed E-state index contributed by atoms with van der Waals surface area (Å²) >= 11 is 0. The Bertz CT molecular complexity index is 810. The molecule has 1 amide bonds. The van der Waals surface area contributed by atoms with Crippen LogP contribution in [0, 0.1) is 0 Å². The summed E-state index contributed by atoms with van der Waals surface area (Å²) in [5, 5.41) is 0. The second-order valence-corrected chi connectivity index (χ2v) is 6.02. The average Bonchev–Trinajstić information content (AvgIpc) is 3.10. The zero-order valence-electron chi connectivity index (χ0n) is 15.0. The molecular weight excluding hydrogens is 334 g/mol. The molecule has 1 atom stereocenters. The molecule has 26 heavy (non-hydrogen) atoms. The van der Waals surface area contributed by atoms with Crippen LogP contribution in [0.5, 0.6) is 11.5 Å². The van der Waals surface area contributed by atoms with Crippen LogP contribution in [0.4, 0.5) is 5.69 Å². The van der Waals surface area contributed by atoms with E-state index in [1.165, 1.54) is 14.2 Å². The standard InChI is InChI=1S/C20H21NO5/c1-13(19(22)21-9-8-14-6-4-5-7-18(14)21)26-20(23)15-10-16(24-2)12-17(11-15)25-3/h4-7,10-13H,8-9H2,1-3H3/t13-/m1/s1. The number of amides is 1. The van der Waals surface area contributed by atoms with Gasteiger partial charge in [-0.25, -0.2) is 4.79 Å². The molecule has 0 saturated heterocycles. The third kappa shape index (κ3) is 3.49. The quantitative estimate of drug-likeness (QED) is 0.772. The monoisotopic (exact) mass is 355 g/mol. The Morgan fingerprint density at radius 2 is 1.69 bits per heavy atom. The lowest BCUT2D eigenvalue weighted by Crippen LogP contribution is -2.39. The Morgan fingerprint density at radius 1 is 1.04 bits per heavy atom. The number of benzene rings is 2. The van der Waals surface area contributed by atoms with Gasteiger partial charge in [0.2, 0.25) is 0 Å². The van der Waals surface area contributed by atoms with Crippen molar-refractivity contribution in [3.8, 4) is 11.5 Å². The zero-order valence-corrected chi connectivity index (χ0v) is 15.0. The highest BCUT2D eigenvalue weighted by molar-refractivity contribution is 6.00. The third-order valence-electron chi connectivity index (χ3n) is 4.37. The van der Waals surface area contributed by atoms with Crippen LogP contribution in [0.2, 0.25) is 0 Å². The van der Waals surface area contributed by atoms with Gasteiger partial charge in [0.1, 0.15) is 11.5 Å². The van der Waals surface area contributed by atoms with Crippen LogP contribution in [0.1, 0.15) is 22.8 Å². The predicted octanol–water partition coefficient (Wildman–Crippen LogP) is 2.84. The fourth-order valence-corrected chi connectivity index (χ4v) is 2.99. The number of esters is 1. The SMILES string of the molecule is COc1cc(OC)cc(C(=O)O[C@H](C)C(=O)N2CCc3ccccc32)c1. The molecule has 0 aromatic heterocycles. The van der Waals surface area contributed by atoms with Gasteiger partial charge in [0.05, 0.1) is 19.8 Å². The van der Waals surface area contributed by atoms with Crippen molar-refractivity contribution in [2.45, 2.75) is 19.4 Å². The zero-order chi connectivity index (χ0) is 18.7. The molecule has 6 nitrogen and oxygen atoms in total. The second-order valence-electron chi connectivity index (χ2n) is 6.02. The largest absolute Gasteiger partial charge is 0.497 e. The van der Waals surface area contributed by atoms with E-state index in [2.05, 4.69) is 0 Å². The van der Waals surface area contributed by atoms with Crippen molar-refractivity contribution < 1.29 is 23.8 Å². The van der Waals surface area contributed by atoms with Crippen molar-refractivity contribution in [1.82, 2.24) is 0 Å². The van der Waals surface area contributed by atoms with Crippen LogP contribution in [0.15, 0.2) is 42.5 Å². The first kappa shape index (κ1) is 17.8. The van der Waals surface area contributed by atoms with E-state index in [0.29, 0.717) is 18.0 Å². The van der Waals surface area contributed by atoms with Gasteiger partial charge < -0.3 is 19.1 Å². The van der Waals surface area contributed by atoms with Gasteiger partial charge in [0.25, 0.3) is 5.91 Å². The number of ether oxygens (including phenoxy) is 3. The van der Waals surface area contributed by atoms with Crippen LogP contribution in [-0.2, 0) is 16.0 Å². The number of fused-ring (bicyclic) bond motifs is 1. The molecule has 2 aromatic carbocycles. The molecule has 0 fully saturated rings. The van der Waals surface area contributed by atoms with Crippen LogP contribution in [-0.4, -0.2) is 38.7 Å². The first-order valence-corrected chi connectivity index (χ1v) is 8.37. The lowest BCUT2D eigenvalue weighted by atomic mass is 10.2. The molecule has 0 saturated carbocycles. The van der Waals surface area contributed by atoms with E-state index < -0.39 is 12.1 Å². The number of hydrogen-bond acceptors (Lipinski definition) is 5. The first-order valence-electron chi connectivity index (χ1n) is 8.37. The Labute approximate surface area is 152 Å². The molecule has 1 aliphatic heterocycles. The van der Waals surface area contributed by atoms with Crippen molar-refractivity contribution in [2.75, 3.05) is 25.7 Å². The van der Waals surface area contributed by atoms with Crippen molar-refractivity contribution in [1.29, 1.82) is 0 Å². The number of anilines is 1. The molecule has 0 unspecified atom stereocenters. The summed E-state index contributed by atoms with van der Waals surface area (Å²) in [5.41, 5.74) is 2.27. The van der Waals surface area contributed by atoms with Crippen LogP contribution in [0.3, 0.4) is 0 Å². The number of methoxy groups -OCH3 is 2. The van der Waals surface area contributed by atoms with Crippen LogP contribution < -0.4 is 14.4 Å². The van der Waals surface area contributed by atoms with E-state index >= 15 is 0 Å². The normalized spacial score (nSPS) is 13.7. The van der Waals surface area contributed by atoms with Crippen molar-refractivity contribution >= 4 is 17.6 Å². The minimum absolute atomic E-state index is 0.238. The smallest absolute Gasteiger partial charge is 0.339 e. The van der Waals surface area contributed by atoms with E-state index in [1.807, 2.05) is 24.3 Å². The number of carbonyl (C=O) groups is 2. The molecule has 1 aliphatic rings. The Morgan fingerprint density at radius 3 is 2.35 bits per heavy atom. The molecule has 1 heterocycles. The van der Waals surface area contributed by atoms with Gasteiger partial charge in [-0.1, -0.05) is 18.2 Å². The van der Waals surface area contributed by atoms with E-state index in [4.69, 9.17) is 14.2 Å². The Kier molecular flexibility index (Phi) is 5.11. The second kappa shape index (κ2) is 7.47. The third-order valence-corrected chi connectivity index (χ3v) is 4.37. The lowest BCUT2D eigenvalue weighted by molar-refractivity contribution is -0.126. The molecule has 3 rings (SSSR count). The highest BCUT2D eigenvalue weighted by Crippen LogP contribution is 2.28. The first-order chi connectivity index (χ1) is 12.5. The predicted molar refractivity (Wildman–Crippen MR) is 96.9 cm³/mol. The summed E-state index contributed by atoms with van der Waals surface area (Å²) < 4.78 is 15.7. The summed E-state index contributed by atoms with van der Waals surface area (Å²) in [6.45, 7) is 2.17. The van der Waals surface area contributed by atoms with Gasteiger partial charge in [-0.2, -0.15) is 0 Å². The minimum Gasteiger partial charge on any atom is -0.497 e. The van der Waals surface area contributed by atoms with E-state index in [0.717, 1.165) is 17.7 Å². The summed E-state index contributed by atoms with van der Waals surface area (Å²) in [5.74, 6) is 0.112. The molecule has 0 N–H and O–H groups in total. The molecule has 2 aromatic rings. The van der Waals surface area contributed by atoms with E-state index in [-0.39, 0.29) is 11.5 Å². The fraction of sp³-hybridized carbons (Fsp3) is 0.300. The van der Waals surface area contributed by atoms with Crippen LogP contribution >= 0.6 is 0 Å². The minimum atomic E-state index is -0.897. The van der Waals surface area contributed by atoms with Gasteiger partial charge in [0.15, 0.2) is 6.10 Å². The fourth-order valence-electron chi connectivity index (χ4n) is 2.99. The van der Waals surface area contributed by atoms with Gasteiger partial charge in [-0.3, -0.25) is 4.79 Å². The number of rotatable bonds is 5. The van der Waals surface area contributed by atoms with E-state index in [1.54, 1.807) is 30.0 Å². The number of carbonyl (C=O) groups excluding carboxylic acids is 2. The maximum Gasteiger partial charge on any atom is 0.339 e. The lowest BCUT2D eigenvalue weighted by Gasteiger charge is -2.21. The summed E-state index contributed by atoms with van der Waals surface area (Å²) in [6, 6.07) is 12.5. The van der Waals surface area contributed by atoms with Crippen molar-refractivity contribution in [3.63, 3.8) is 0 Å². The Hall–Kier alpha value is -3.02. The molecule has 136 valence electrons. The molecule has 0 bridgehead atoms. The van der Waals surface area contributed by atoms with Gasteiger partial charge in [0, 0.05) is 18.3 Å². The van der Waals surface area contributed by atoms with Gasteiger partial charge >= 0.3 is 5.97 Å². The van der Waals surface area contributed by atoms with Gasteiger partial charge in [-0.05, 0) is 37.1 Å². The van der Waals surface area contributed by atoms with Crippen molar-refractivity contribution in [3.05, 3.63) is 53.6 Å². The van der Waals surface area contributed by atoms with Gasteiger partial charge in [-0.15, -0.1) is 0 Å². The highest BCUT2D eigenvalue weighted by Gasteiger charge is 2.30. The van der Waals surface area contributed by atoms with E-state index in [9.17, 15) is 9.59 Å². The summed E-state index contributed by atoms with van der Waals surface area (Å²) in [6.07, 6.45) is -0.0961. The topological polar surface area (TPSA) is 65.1 Å². The molecule has 0 aliphatic carbocycles. The molecule has 0 radical (unpaired) electrons. The average molecular weight is 355 g/mol.